The molecule has 3 heterocycles. The number of aliphatic imine (C=N–C) groups is 1. The van der Waals surface area contributed by atoms with Crippen molar-refractivity contribution in [1.82, 2.24) is 20.4 Å². The van der Waals surface area contributed by atoms with Crippen LogP contribution in [-0.4, -0.2) is 68.6 Å². The van der Waals surface area contributed by atoms with E-state index < -0.39 is 0 Å². The fourth-order valence-electron chi connectivity index (χ4n) is 3.95. The van der Waals surface area contributed by atoms with Crippen molar-refractivity contribution >= 4 is 17.3 Å². The van der Waals surface area contributed by atoms with Gasteiger partial charge in [-0.25, -0.2) is 0 Å². The summed E-state index contributed by atoms with van der Waals surface area (Å²) in [5, 5.41) is 9.22. The minimum absolute atomic E-state index is 0.427. The molecule has 2 fully saturated rings. The predicted molar refractivity (Wildman–Crippen MR) is 112 cm³/mol. The first-order chi connectivity index (χ1) is 12.8. The molecule has 2 aliphatic heterocycles. The van der Waals surface area contributed by atoms with E-state index in [2.05, 4.69) is 51.9 Å². The van der Waals surface area contributed by atoms with Crippen LogP contribution in [-0.2, 0) is 0 Å². The molecule has 0 aromatic carbocycles. The molecule has 0 spiro atoms. The molecule has 0 aliphatic carbocycles. The predicted octanol–water partition coefficient (Wildman–Crippen LogP) is 2.78. The summed E-state index contributed by atoms with van der Waals surface area (Å²) in [4.78, 5) is 11.4. The van der Waals surface area contributed by atoms with Gasteiger partial charge in [0.2, 0.25) is 0 Å². The molecule has 146 valence electrons. The summed E-state index contributed by atoms with van der Waals surface area (Å²) in [5.74, 6) is 1.74. The number of thiophene rings is 1. The Morgan fingerprint density at radius 3 is 2.65 bits per heavy atom. The lowest BCUT2D eigenvalue weighted by atomic mass is 9.97. The number of hydrogen-bond acceptors (Lipinski definition) is 4. The van der Waals surface area contributed by atoms with E-state index in [1.165, 1.54) is 56.7 Å². The molecule has 2 N–H and O–H groups in total. The van der Waals surface area contributed by atoms with E-state index in [9.17, 15) is 0 Å². The van der Waals surface area contributed by atoms with Gasteiger partial charge in [-0.3, -0.25) is 9.89 Å². The van der Waals surface area contributed by atoms with Crippen LogP contribution in [0, 0.1) is 5.92 Å². The number of rotatable bonds is 7. The number of hydrogen-bond donors (Lipinski definition) is 2. The molecule has 3 rings (SSSR count). The molecule has 1 unspecified atom stereocenters. The van der Waals surface area contributed by atoms with E-state index in [0.717, 1.165) is 31.5 Å². The SMILES string of the molecule is CCNC(=NCC(c1cccs1)N1CCCC1)NCC1CCN(C)CC1. The van der Waals surface area contributed by atoms with E-state index in [4.69, 9.17) is 4.99 Å². The third kappa shape index (κ3) is 5.69. The summed E-state index contributed by atoms with van der Waals surface area (Å²) in [7, 11) is 2.22. The second-order valence-corrected chi connectivity index (χ2v) is 8.60. The lowest BCUT2D eigenvalue weighted by molar-refractivity contribution is 0.220. The summed E-state index contributed by atoms with van der Waals surface area (Å²) in [5.41, 5.74) is 0. The molecule has 2 saturated heterocycles. The van der Waals surface area contributed by atoms with Gasteiger partial charge in [-0.2, -0.15) is 0 Å². The zero-order chi connectivity index (χ0) is 18.2. The molecule has 0 radical (unpaired) electrons. The second-order valence-electron chi connectivity index (χ2n) is 7.62. The summed E-state index contributed by atoms with van der Waals surface area (Å²) >= 11 is 1.86. The van der Waals surface area contributed by atoms with E-state index in [1.807, 2.05) is 11.3 Å². The first-order valence-electron chi connectivity index (χ1n) is 10.2. The quantitative estimate of drug-likeness (QED) is 0.566. The highest BCUT2D eigenvalue weighted by Crippen LogP contribution is 2.28. The molecule has 5 nitrogen and oxygen atoms in total. The molecule has 1 aromatic rings. The maximum Gasteiger partial charge on any atom is 0.191 e. The molecule has 0 bridgehead atoms. The number of piperidine rings is 1. The topological polar surface area (TPSA) is 42.9 Å². The van der Waals surface area contributed by atoms with E-state index in [0.29, 0.717) is 6.04 Å². The highest BCUT2D eigenvalue weighted by Gasteiger charge is 2.24. The van der Waals surface area contributed by atoms with Crippen LogP contribution in [0.2, 0.25) is 0 Å². The molecule has 6 heteroatoms. The Labute approximate surface area is 162 Å². The Bertz CT molecular complexity index is 530. The molecule has 0 amide bonds. The second kappa shape index (κ2) is 10.3. The molecular weight excluding hydrogens is 342 g/mol. The molecule has 1 atom stereocenters. The average Bonchev–Trinajstić information content (AvgIpc) is 3.35. The van der Waals surface area contributed by atoms with Gasteiger partial charge in [0, 0.05) is 18.0 Å². The maximum atomic E-state index is 4.96. The van der Waals surface area contributed by atoms with Crippen LogP contribution in [0.15, 0.2) is 22.5 Å². The zero-order valence-electron chi connectivity index (χ0n) is 16.4. The lowest BCUT2D eigenvalue weighted by Gasteiger charge is -2.29. The van der Waals surface area contributed by atoms with Crippen LogP contribution in [0.1, 0.15) is 43.5 Å². The van der Waals surface area contributed by atoms with Crippen molar-refractivity contribution in [3.05, 3.63) is 22.4 Å². The molecule has 0 saturated carbocycles. The fraction of sp³-hybridized carbons (Fsp3) is 0.750. The minimum atomic E-state index is 0.427. The van der Waals surface area contributed by atoms with Crippen LogP contribution in [0.3, 0.4) is 0 Å². The molecule has 1 aromatic heterocycles. The molecule has 2 aliphatic rings. The van der Waals surface area contributed by atoms with Gasteiger partial charge in [0.25, 0.3) is 0 Å². The van der Waals surface area contributed by atoms with Crippen molar-refractivity contribution in [2.75, 3.05) is 52.9 Å². The largest absolute Gasteiger partial charge is 0.357 e. The highest BCUT2D eigenvalue weighted by atomic mass is 32.1. The Hall–Kier alpha value is -1.11. The standard InChI is InChI=1S/C20H35N5S/c1-3-21-20(22-15-17-8-12-24(2)13-9-17)23-16-18(19-7-6-14-26-19)25-10-4-5-11-25/h6-7,14,17-18H,3-5,8-13,15-16H2,1-2H3,(H2,21,22,23). The molecular formula is C20H35N5S. The van der Waals surface area contributed by atoms with Gasteiger partial charge in [0.1, 0.15) is 0 Å². The van der Waals surface area contributed by atoms with Crippen molar-refractivity contribution in [3.8, 4) is 0 Å². The number of nitrogens with one attached hydrogen (secondary N) is 2. The number of likely N-dealkylation sites (tertiary alicyclic amines) is 2. The van der Waals surface area contributed by atoms with Crippen LogP contribution >= 0.6 is 11.3 Å². The summed E-state index contributed by atoms with van der Waals surface area (Å²) < 4.78 is 0. The van der Waals surface area contributed by atoms with Crippen molar-refractivity contribution in [2.45, 2.75) is 38.6 Å². The third-order valence-electron chi connectivity index (χ3n) is 5.62. The van der Waals surface area contributed by atoms with Crippen LogP contribution < -0.4 is 10.6 Å². The summed E-state index contributed by atoms with van der Waals surface area (Å²) in [6.45, 7) is 9.77. The van der Waals surface area contributed by atoms with Gasteiger partial charge in [-0.1, -0.05) is 6.07 Å². The van der Waals surface area contributed by atoms with Gasteiger partial charge in [0.05, 0.1) is 12.6 Å². The summed E-state index contributed by atoms with van der Waals surface area (Å²) in [6, 6.07) is 4.86. The van der Waals surface area contributed by atoms with Gasteiger partial charge < -0.3 is 15.5 Å². The van der Waals surface area contributed by atoms with E-state index >= 15 is 0 Å². The zero-order valence-corrected chi connectivity index (χ0v) is 17.2. The van der Waals surface area contributed by atoms with Crippen LogP contribution in [0.25, 0.3) is 0 Å². The van der Waals surface area contributed by atoms with E-state index in [-0.39, 0.29) is 0 Å². The highest BCUT2D eigenvalue weighted by molar-refractivity contribution is 7.10. The maximum absolute atomic E-state index is 4.96. The van der Waals surface area contributed by atoms with Gasteiger partial charge >= 0.3 is 0 Å². The fourth-order valence-corrected chi connectivity index (χ4v) is 4.80. The Kier molecular flexibility index (Phi) is 7.77. The van der Waals surface area contributed by atoms with Crippen molar-refractivity contribution in [3.63, 3.8) is 0 Å². The lowest BCUT2D eigenvalue weighted by Crippen LogP contribution is -2.42. The Morgan fingerprint density at radius 1 is 1.23 bits per heavy atom. The van der Waals surface area contributed by atoms with Crippen molar-refractivity contribution < 1.29 is 0 Å². The van der Waals surface area contributed by atoms with Crippen molar-refractivity contribution in [1.29, 1.82) is 0 Å². The van der Waals surface area contributed by atoms with Crippen molar-refractivity contribution in [2.24, 2.45) is 10.9 Å². The average molecular weight is 378 g/mol. The smallest absolute Gasteiger partial charge is 0.191 e. The third-order valence-corrected chi connectivity index (χ3v) is 6.59. The minimum Gasteiger partial charge on any atom is -0.357 e. The Balaban J connectivity index is 1.57. The van der Waals surface area contributed by atoms with Gasteiger partial charge in [-0.15, -0.1) is 11.3 Å². The van der Waals surface area contributed by atoms with E-state index in [1.54, 1.807) is 0 Å². The molecule has 26 heavy (non-hydrogen) atoms. The monoisotopic (exact) mass is 377 g/mol. The van der Waals surface area contributed by atoms with Crippen LogP contribution in [0.5, 0.6) is 0 Å². The first-order valence-corrected chi connectivity index (χ1v) is 11.1. The van der Waals surface area contributed by atoms with Gasteiger partial charge in [-0.05, 0) is 83.2 Å². The number of guanidine groups is 1. The Morgan fingerprint density at radius 2 is 2.00 bits per heavy atom. The van der Waals surface area contributed by atoms with Crippen LogP contribution in [0.4, 0.5) is 0 Å². The normalized spacial score (nSPS) is 21.8. The van der Waals surface area contributed by atoms with Gasteiger partial charge in [0.15, 0.2) is 5.96 Å². The summed E-state index contributed by atoms with van der Waals surface area (Å²) in [6.07, 6.45) is 5.21. The number of nitrogens with zero attached hydrogens (tertiary/aromatic N) is 3. The first kappa shape index (κ1) is 19.6.